The fraction of sp³-hybridized carbons (Fsp3) is 0.889. The van der Waals surface area contributed by atoms with Gasteiger partial charge in [0.25, 0.3) is 0 Å². The van der Waals surface area contributed by atoms with Crippen molar-refractivity contribution < 1.29 is 24.4 Å². The molecule has 0 saturated carbocycles. The number of hydrogen-bond donors (Lipinski definition) is 3. The Morgan fingerprint density at radius 1 is 0.893 bits per heavy atom. The van der Waals surface area contributed by atoms with Gasteiger partial charge in [0, 0.05) is 11.2 Å². The monoisotopic (exact) mass is 544 g/mol. The Labute approximate surface area is 192 Å². The number of rotatable bonds is 0. The van der Waals surface area contributed by atoms with Gasteiger partial charge in [-0.1, -0.05) is 44.0 Å². The predicted molar refractivity (Wildman–Crippen MR) is 124 cm³/mol. The first-order valence-corrected chi connectivity index (χ1v) is 11.6. The Morgan fingerprint density at radius 2 is 1.46 bits per heavy atom. The van der Waals surface area contributed by atoms with E-state index in [0.29, 0.717) is 19.3 Å². The van der Waals surface area contributed by atoms with Crippen molar-refractivity contribution in [3.05, 3.63) is 12.2 Å². The van der Waals surface area contributed by atoms with Gasteiger partial charge in [-0.3, -0.25) is 0 Å². The Hall–Kier alpha value is 0.715. The number of nitrogens with zero attached hydrogens (tertiary/aromatic N) is 1. The third kappa shape index (κ3) is 14.7. The van der Waals surface area contributed by atoms with E-state index in [1.807, 2.05) is 13.8 Å². The van der Waals surface area contributed by atoms with Crippen LogP contribution in [0.5, 0.6) is 0 Å². The number of thiol groups is 1. The van der Waals surface area contributed by atoms with Gasteiger partial charge in [0.2, 0.25) is 0 Å². The summed E-state index contributed by atoms with van der Waals surface area (Å²) in [5.41, 5.74) is 0. The van der Waals surface area contributed by atoms with Crippen LogP contribution in [0.4, 0.5) is 0 Å². The quantitative estimate of drug-likeness (QED) is 0.188. The third-order valence-electron chi connectivity index (χ3n) is 4.17. The number of ether oxygens (including phenoxy) is 3. The van der Waals surface area contributed by atoms with Gasteiger partial charge >= 0.3 is 24.8 Å². The Balaban J connectivity index is 0.000000367. The number of hydrogen-bond acceptors (Lipinski definition) is 7. The molecule has 28 heavy (non-hydrogen) atoms. The zero-order valence-corrected chi connectivity index (χ0v) is 20.9. The Morgan fingerprint density at radius 3 is 1.82 bits per heavy atom. The van der Waals surface area contributed by atoms with E-state index < -0.39 is 0 Å². The van der Waals surface area contributed by atoms with Gasteiger partial charge in [0.05, 0.1) is 55.2 Å². The van der Waals surface area contributed by atoms with Crippen molar-refractivity contribution in [2.75, 3.05) is 19.8 Å². The topological polar surface area (TPSA) is 80.5 Å². The molecule has 2 N–H and O–H groups in total. The molecule has 7 atom stereocenters. The SMILES string of the molecule is CC1CC(Br)C(O)CO1.CC1CC(O)C(Br)CO1.CC1CC=CCO1.[B]=NS. The number of alkyl halides is 2. The van der Waals surface area contributed by atoms with Crippen molar-refractivity contribution in [2.45, 2.75) is 80.2 Å². The summed E-state index contributed by atoms with van der Waals surface area (Å²) in [7, 11) is 4.34. The Bertz CT molecular complexity index is 415. The van der Waals surface area contributed by atoms with Crippen LogP contribution in [0.25, 0.3) is 0 Å². The van der Waals surface area contributed by atoms with Gasteiger partial charge < -0.3 is 24.4 Å². The van der Waals surface area contributed by atoms with E-state index in [-0.39, 0.29) is 34.1 Å². The zero-order valence-electron chi connectivity index (χ0n) is 16.8. The summed E-state index contributed by atoms with van der Waals surface area (Å²) in [4.78, 5) is 0.356. The fourth-order valence-electron chi connectivity index (χ4n) is 2.48. The van der Waals surface area contributed by atoms with Crippen molar-refractivity contribution in [1.82, 2.24) is 0 Å². The van der Waals surface area contributed by atoms with Crippen molar-refractivity contribution in [3.8, 4) is 0 Å². The molecule has 0 aromatic rings. The molecule has 0 spiro atoms. The molecule has 0 bridgehead atoms. The van der Waals surface area contributed by atoms with Gasteiger partial charge in [0.1, 0.15) is 0 Å². The fourth-order valence-corrected chi connectivity index (χ4v) is 3.52. The summed E-state index contributed by atoms with van der Waals surface area (Å²) >= 11 is 9.86. The molecule has 3 aliphatic rings. The van der Waals surface area contributed by atoms with Crippen molar-refractivity contribution in [3.63, 3.8) is 0 Å². The van der Waals surface area contributed by atoms with Gasteiger partial charge in [-0.15, -0.1) is 0 Å². The van der Waals surface area contributed by atoms with Crippen molar-refractivity contribution >= 4 is 52.3 Å². The van der Waals surface area contributed by atoms with Gasteiger partial charge in [-0.2, -0.15) is 0 Å². The normalized spacial score (nSPS) is 37.0. The molecule has 2 saturated heterocycles. The molecule has 1 radical (unpaired) electrons. The maximum absolute atomic E-state index is 9.22. The summed E-state index contributed by atoms with van der Waals surface area (Å²) in [6.07, 6.45) is 7.36. The molecule has 0 aromatic heterocycles. The van der Waals surface area contributed by atoms with Crippen LogP contribution >= 0.6 is 44.7 Å². The molecule has 10 heteroatoms. The van der Waals surface area contributed by atoms with E-state index in [0.717, 1.165) is 25.9 Å². The third-order valence-corrected chi connectivity index (χ3v) is 6.03. The molecule has 2 fully saturated rings. The van der Waals surface area contributed by atoms with E-state index in [9.17, 15) is 5.11 Å². The molecule has 3 rings (SSSR count). The molecule has 0 aromatic carbocycles. The molecule has 163 valence electrons. The van der Waals surface area contributed by atoms with Gasteiger partial charge in [-0.25, -0.2) is 0 Å². The second-order valence-corrected chi connectivity index (χ2v) is 9.48. The molecule has 6 nitrogen and oxygen atoms in total. The molecule has 0 aliphatic carbocycles. The molecule has 0 amide bonds. The van der Waals surface area contributed by atoms with Crippen molar-refractivity contribution in [1.29, 1.82) is 0 Å². The van der Waals surface area contributed by atoms with Crippen LogP contribution in [-0.2, 0) is 14.2 Å². The standard InChI is InChI=1S/2C6H11BrO2.C6H10O.BHNS/c1-4-2-6(8)5(7)3-9-4;1-4-2-5(7)6(8)3-9-4;1-6-4-2-3-5-7-6;1-2-3/h2*4-6,8H,2-3H2,1H3;2-3,6H,4-5H2,1H3;3H. The molecule has 3 aliphatic heterocycles. The van der Waals surface area contributed by atoms with E-state index in [1.54, 1.807) is 0 Å². The van der Waals surface area contributed by atoms with Crippen LogP contribution in [0, 0.1) is 0 Å². The minimum absolute atomic E-state index is 0.133. The zero-order chi connectivity index (χ0) is 21.5. The summed E-state index contributed by atoms with van der Waals surface area (Å²) in [6, 6.07) is 0. The van der Waals surface area contributed by atoms with Gasteiger partial charge in [-0.05, 0) is 33.6 Å². The average Bonchev–Trinajstić information content (AvgIpc) is 2.64. The van der Waals surface area contributed by atoms with Crippen LogP contribution in [-0.4, -0.2) is 77.8 Å². The molecule has 3 heterocycles. The van der Waals surface area contributed by atoms with E-state index >= 15 is 0 Å². The van der Waals surface area contributed by atoms with Crippen LogP contribution in [0.3, 0.4) is 0 Å². The van der Waals surface area contributed by atoms with Crippen LogP contribution in [0.15, 0.2) is 16.5 Å². The van der Waals surface area contributed by atoms with Gasteiger partial charge in [0.15, 0.2) is 0 Å². The summed E-state index contributed by atoms with van der Waals surface area (Å²) < 4.78 is 18.3. The van der Waals surface area contributed by atoms with E-state index in [1.165, 1.54) is 0 Å². The van der Waals surface area contributed by atoms with Crippen LogP contribution in [0.2, 0.25) is 0 Å². The molecular formula is C18H33BBr2NO5S. The number of halogens is 2. The summed E-state index contributed by atoms with van der Waals surface area (Å²) in [5, 5.41) is 18.3. The first-order chi connectivity index (χ1) is 13.2. The first-order valence-electron chi connectivity index (χ1n) is 9.39. The summed E-state index contributed by atoms with van der Waals surface area (Å²) in [5.74, 6) is 0. The van der Waals surface area contributed by atoms with Crippen molar-refractivity contribution in [2.24, 2.45) is 4.30 Å². The number of aliphatic hydroxyl groups is 2. The van der Waals surface area contributed by atoms with Crippen LogP contribution in [0.1, 0.15) is 40.0 Å². The molecule has 7 unspecified atom stereocenters. The second kappa shape index (κ2) is 17.4. The Kier molecular flexibility index (Phi) is 17.8. The number of aliphatic hydroxyl groups excluding tert-OH is 2. The minimum atomic E-state index is -0.318. The van der Waals surface area contributed by atoms with Crippen LogP contribution < -0.4 is 0 Å². The maximum atomic E-state index is 9.22. The van der Waals surface area contributed by atoms with E-state index in [4.69, 9.17) is 19.3 Å². The second-order valence-electron chi connectivity index (χ2n) is 6.89. The first kappa shape index (κ1) is 28.7. The average molecular weight is 546 g/mol. The molecular weight excluding hydrogens is 513 g/mol. The predicted octanol–water partition coefficient (Wildman–Crippen LogP) is 3.37. The van der Waals surface area contributed by atoms with E-state index in [2.05, 4.69) is 75.7 Å². The summed E-state index contributed by atoms with van der Waals surface area (Å²) in [6.45, 7) is 7.98.